The highest BCUT2D eigenvalue weighted by atomic mass is 16.5. The van der Waals surface area contributed by atoms with Crippen LogP contribution in [0, 0.1) is 0 Å². The van der Waals surface area contributed by atoms with Crippen molar-refractivity contribution in [2.24, 2.45) is 0 Å². The zero-order valence-electron chi connectivity index (χ0n) is 16.3. The minimum Gasteiger partial charge on any atom is -0.496 e. The molecule has 2 aromatic rings. The summed E-state index contributed by atoms with van der Waals surface area (Å²) in [5.41, 5.74) is 3.57. The third kappa shape index (κ3) is 4.50. The number of hydrogen-bond donors (Lipinski definition) is 0. The third-order valence-electron chi connectivity index (χ3n) is 5.97. The molecule has 0 radical (unpaired) electrons. The fraction of sp³-hybridized carbons (Fsp3) is 0.522. The Bertz CT molecular complexity index is 743. The van der Waals surface area contributed by atoms with E-state index >= 15 is 0 Å². The lowest BCUT2D eigenvalue weighted by atomic mass is 9.91. The van der Waals surface area contributed by atoms with Crippen molar-refractivity contribution in [3.8, 4) is 5.75 Å². The van der Waals surface area contributed by atoms with E-state index in [2.05, 4.69) is 35.2 Å². The Kier molecular flexibility index (Phi) is 6.05. The molecule has 1 atom stereocenters. The fourth-order valence-corrected chi connectivity index (χ4v) is 4.50. The van der Waals surface area contributed by atoms with Gasteiger partial charge in [0.25, 0.3) is 0 Å². The van der Waals surface area contributed by atoms with Crippen LogP contribution in [0.25, 0.3) is 0 Å². The van der Waals surface area contributed by atoms with Gasteiger partial charge in [-0.2, -0.15) is 0 Å². The summed E-state index contributed by atoms with van der Waals surface area (Å²) < 4.78 is 11.0. The van der Waals surface area contributed by atoms with Crippen LogP contribution in [-0.4, -0.2) is 49.3 Å². The predicted octanol–water partition coefficient (Wildman–Crippen LogP) is 4.04. The summed E-state index contributed by atoms with van der Waals surface area (Å²) in [5.74, 6) is 1.48. The third-order valence-corrected chi connectivity index (χ3v) is 5.97. The van der Waals surface area contributed by atoms with Gasteiger partial charge in [0.1, 0.15) is 5.75 Å². The molecule has 27 heavy (non-hydrogen) atoms. The first kappa shape index (κ1) is 18.5. The molecule has 0 amide bonds. The normalized spacial score (nSPS) is 21.9. The number of methoxy groups -OCH3 is 1. The number of aromatic nitrogens is 1. The summed E-state index contributed by atoms with van der Waals surface area (Å²) in [6.07, 6.45) is 5.67. The first-order valence-corrected chi connectivity index (χ1v) is 10.2. The number of para-hydroxylation sites is 1. The van der Waals surface area contributed by atoms with Gasteiger partial charge in [-0.25, -0.2) is 0 Å². The average Bonchev–Trinajstić information content (AvgIpc) is 2.75. The van der Waals surface area contributed by atoms with Crippen LogP contribution in [0.5, 0.6) is 5.75 Å². The van der Waals surface area contributed by atoms with Crippen molar-refractivity contribution < 1.29 is 9.47 Å². The number of benzene rings is 1. The number of ether oxygens (including phenoxy) is 2. The molecule has 2 saturated heterocycles. The molecule has 4 nitrogen and oxygen atoms in total. The van der Waals surface area contributed by atoms with Crippen LogP contribution in [0.15, 0.2) is 42.5 Å². The Balaban J connectivity index is 1.46. The average molecular weight is 367 g/mol. The van der Waals surface area contributed by atoms with Crippen LogP contribution >= 0.6 is 0 Å². The van der Waals surface area contributed by atoms with Crippen LogP contribution in [0.4, 0.5) is 0 Å². The van der Waals surface area contributed by atoms with E-state index in [1.807, 2.05) is 12.1 Å². The van der Waals surface area contributed by atoms with E-state index in [1.165, 1.54) is 43.5 Å². The van der Waals surface area contributed by atoms with E-state index in [0.29, 0.717) is 12.0 Å². The standard InChI is InChI=1S/C23H30N2O2/c1-26-23-10-3-2-6-18(23)16-20-8-4-9-22(24-20)19-7-5-13-25(17-19)21-11-14-27-15-12-21/h2-4,6,8-10,19,21H,5,7,11-17H2,1H3/t19-/m0/s1. The zero-order chi connectivity index (χ0) is 18.5. The first-order valence-electron chi connectivity index (χ1n) is 10.2. The predicted molar refractivity (Wildman–Crippen MR) is 107 cm³/mol. The van der Waals surface area contributed by atoms with Crippen molar-refractivity contribution in [3.63, 3.8) is 0 Å². The van der Waals surface area contributed by atoms with Crippen molar-refractivity contribution >= 4 is 0 Å². The molecule has 0 aliphatic carbocycles. The van der Waals surface area contributed by atoms with Gasteiger partial charge in [0, 0.05) is 55.1 Å². The van der Waals surface area contributed by atoms with Crippen LogP contribution in [0.2, 0.25) is 0 Å². The molecule has 0 saturated carbocycles. The van der Waals surface area contributed by atoms with Gasteiger partial charge in [-0.05, 0) is 50.4 Å². The summed E-state index contributed by atoms with van der Waals surface area (Å²) in [7, 11) is 1.73. The molecule has 0 unspecified atom stereocenters. The smallest absolute Gasteiger partial charge is 0.122 e. The highest BCUT2D eigenvalue weighted by Gasteiger charge is 2.28. The topological polar surface area (TPSA) is 34.6 Å². The highest BCUT2D eigenvalue weighted by Crippen LogP contribution is 2.29. The van der Waals surface area contributed by atoms with Crippen molar-refractivity contribution in [2.75, 3.05) is 33.4 Å². The Hall–Kier alpha value is -1.91. The Morgan fingerprint density at radius 2 is 1.93 bits per heavy atom. The fourth-order valence-electron chi connectivity index (χ4n) is 4.50. The second-order valence-corrected chi connectivity index (χ2v) is 7.72. The van der Waals surface area contributed by atoms with Gasteiger partial charge in [-0.15, -0.1) is 0 Å². The van der Waals surface area contributed by atoms with E-state index < -0.39 is 0 Å². The van der Waals surface area contributed by atoms with E-state index in [4.69, 9.17) is 14.5 Å². The summed E-state index contributed by atoms with van der Waals surface area (Å²) in [5, 5.41) is 0. The lowest BCUT2D eigenvalue weighted by Crippen LogP contribution is -2.44. The van der Waals surface area contributed by atoms with Crippen molar-refractivity contribution in [2.45, 2.75) is 44.1 Å². The maximum Gasteiger partial charge on any atom is 0.122 e. The molecule has 1 aromatic carbocycles. The summed E-state index contributed by atoms with van der Waals surface area (Å²) >= 11 is 0. The molecular formula is C23H30N2O2. The summed E-state index contributed by atoms with van der Waals surface area (Å²) in [6, 6.07) is 15.4. The van der Waals surface area contributed by atoms with Crippen LogP contribution in [-0.2, 0) is 11.2 Å². The zero-order valence-corrected chi connectivity index (χ0v) is 16.3. The van der Waals surface area contributed by atoms with Crippen molar-refractivity contribution in [1.29, 1.82) is 0 Å². The highest BCUT2D eigenvalue weighted by molar-refractivity contribution is 5.36. The molecular weight excluding hydrogens is 336 g/mol. The molecule has 0 spiro atoms. The number of likely N-dealkylation sites (tertiary alicyclic amines) is 1. The number of pyridine rings is 1. The number of nitrogens with zero attached hydrogens (tertiary/aromatic N) is 2. The Labute approximate surface area is 162 Å². The van der Waals surface area contributed by atoms with E-state index in [-0.39, 0.29) is 0 Å². The van der Waals surface area contributed by atoms with Crippen LogP contribution in [0.1, 0.15) is 48.6 Å². The van der Waals surface area contributed by atoms with E-state index in [1.54, 1.807) is 7.11 Å². The molecule has 4 rings (SSSR count). The Morgan fingerprint density at radius 1 is 1.07 bits per heavy atom. The molecule has 2 fully saturated rings. The monoisotopic (exact) mass is 366 g/mol. The molecule has 144 valence electrons. The second-order valence-electron chi connectivity index (χ2n) is 7.72. The molecule has 4 heteroatoms. The largest absolute Gasteiger partial charge is 0.496 e. The van der Waals surface area contributed by atoms with Crippen molar-refractivity contribution in [3.05, 3.63) is 59.4 Å². The number of hydrogen-bond acceptors (Lipinski definition) is 4. The maximum atomic E-state index is 5.54. The van der Waals surface area contributed by atoms with E-state index in [0.717, 1.165) is 37.6 Å². The van der Waals surface area contributed by atoms with Gasteiger partial charge >= 0.3 is 0 Å². The molecule has 1 aromatic heterocycles. The second kappa shape index (κ2) is 8.85. The summed E-state index contributed by atoms with van der Waals surface area (Å²) in [4.78, 5) is 7.73. The first-order chi connectivity index (χ1) is 13.3. The molecule has 0 N–H and O–H groups in total. The minimum absolute atomic E-state index is 0.541. The van der Waals surface area contributed by atoms with Gasteiger partial charge in [-0.3, -0.25) is 9.88 Å². The van der Waals surface area contributed by atoms with Gasteiger partial charge in [-0.1, -0.05) is 24.3 Å². The summed E-state index contributed by atoms with van der Waals surface area (Å²) in [6.45, 7) is 4.19. The van der Waals surface area contributed by atoms with Gasteiger partial charge in [0.2, 0.25) is 0 Å². The SMILES string of the molecule is COc1ccccc1Cc1cccc([C@H]2CCCN(C3CCOCC3)C2)n1. The molecule has 0 bridgehead atoms. The maximum absolute atomic E-state index is 5.54. The van der Waals surface area contributed by atoms with Gasteiger partial charge in [0.15, 0.2) is 0 Å². The Morgan fingerprint density at radius 3 is 2.78 bits per heavy atom. The van der Waals surface area contributed by atoms with E-state index in [9.17, 15) is 0 Å². The molecule has 3 heterocycles. The van der Waals surface area contributed by atoms with Gasteiger partial charge in [0.05, 0.1) is 7.11 Å². The minimum atomic E-state index is 0.541. The lowest BCUT2D eigenvalue weighted by molar-refractivity contribution is 0.0237. The molecule has 2 aliphatic heterocycles. The number of piperidine rings is 1. The van der Waals surface area contributed by atoms with Crippen LogP contribution < -0.4 is 4.74 Å². The molecule has 2 aliphatic rings. The van der Waals surface area contributed by atoms with Crippen LogP contribution in [0.3, 0.4) is 0 Å². The number of rotatable bonds is 5. The van der Waals surface area contributed by atoms with Crippen molar-refractivity contribution in [1.82, 2.24) is 9.88 Å². The van der Waals surface area contributed by atoms with Gasteiger partial charge < -0.3 is 9.47 Å². The lowest BCUT2D eigenvalue weighted by Gasteiger charge is -2.39. The quantitative estimate of drug-likeness (QED) is 0.800.